The van der Waals surface area contributed by atoms with E-state index in [4.69, 9.17) is 4.98 Å². The van der Waals surface area contributed by atoms with Crippen LogP contribution in [-0.4, -0.2) is 44.4 Å². The highest BCUT2D eigenvalue weighted by atomic mass is 19.2. The first-order valence-corrected chi connectivity index (χ1v) is 11.5. The summed E-state index contributed by atoms with van der Waals surface area (Å²) in [5.41, 5.74) is 2.92. The van der Waals surface area contributed by atoms with Crippen molar-refractivity contribution < 1.29 is 13.6 Å². The molecule has 1 aliphatic heterocycles. The largest absolute Gasteiger partial charge is 0.363 e. The molecule has 178 valence electrons. The first kappa shape index (κ1) is 23.7. The van der Waals surface area contributed by atoms with Gasteiger partial charge in [0.1, 0.15) is 5.82 Å². The van der Waals surface area contributed by atoms with Crippen molar-refractivity contribution in [2.45, 2.75) is 52.0 Å². The van der Waals surface area contributed by atoms with Gasteiger partial charge in [0.05, 0.1) is 17.2 Å². The summed E-state index contributed by atoms with van der Waals surface area (Å²) in [6.07, 6.45) is 5.04. The molecule has 0 spiro atoms. The molecular weight excluding hydrogens is 436 g/mol. The van der Waals surface area contributed by atoms with Crippen molar-refractivity contribution in [1.82, 2.24) is 19.9 Å². The summed E-state index contributed by atoms with van der Waals surface area (Å²) in [5, 5.41) is 3.55. The van der Waals surface area contributed by atoms with Gasteiger partial charge in [-0.2, -0.15) is 0 Å². The maximum Gasteiger partial charge on any atom is 0.229 e. The van der Waals surface area contributed by atoms with Crippen molar-refractivity contribution in [3.63, 3.8) is 0 Å². The van der Waals surface area contributed by atoms with Crippen molar-refractivity contribution in [3.8, 4) is 11.4 Å². The summed E-state index contributed by atoms with van der Waals surface area (Å²) >= 11 is 0. The molecule has 0 aliphatic carbocycles. The quantitative estimate of drug-likeness (QED) is 0.561. The van der Waals surface area contributed by atoms with E-state index >= 15 is 0 Å². The first-order valence-electron chi connectivity index (χ1n) is 11.5. The van der Waals surface area contributed by atoms with Crippen LogP contribution in [0.4, 0.5) is 14.6 Å². The van der Waals surface area contributed by atoms with Gasteiger partial charge in [0, 0.05) is 31.0 Å². The lowest BCUT2D eigenvalue weighted by atomic mass is 9.87. The summed E-state index contributed by atoms with van der Waals surface area (Å²) in [5.74, 6) is -1.11. The Balaban J connectivity index is 1.52. The van der Waals surface area contributed by atoms with Crippen LogP contribution in [0.15, 0.2) is 42.7 Å². The van der Waals surface area contributed by atoms with E-state index in [1.54, 1.807) is 30.3 Å². The number of likely N-dealkylation sites (N-methyl/N-ethyl adjacent to an activating group) is 1. The average molecular weight is 466 g/mol. The number of carbonyl (C=O) groups excluding carboxylic acids is 1. The Bertz CT molecular complexity index is 1200. The van der Waals surface area contributed by atoms with Crippen LogP contribution < -0.4 is 5.32 Å². The van der Waals surface area contributed by atoms with E-state index in [0.717, 1.165) is 47.6 Å². The molecule has 0 fully saturated rings. The van der Waals surface area contributed by atoms with Gasteiger partial charge in [-0.05, 0) is 75.9 Å². The summed E-state index contributed by atoms with van der Waals surface area (Å²) in [6, 6.07) is 7.50. The van der Waals surface area contributed by atoms with Gasteiger partial charge in [-0.1, -0.05) is 6.07 Å². The molecule has 1 aromatic carbocycles. The fraction of sp³-hybridized carbons (Fsp3) is 0.385. The molecule has 1 aliphatic rings. The molecule has 1 amide bonds. The Hall–Kier alpha value is -3.42. The van der Waals surface area contributed by atoms with Gasteiger partial charge >= 0.3 is 0 Å². The molecule has 34 heavy (non-hydrogen) atoms. The molecule has 2 atom stereocenters. The maximum absolute atomic E-state index is 13.7. The lowest BCUT2D eigenvalue weighted by Gasteiger charge is -2.40. The van der Waals surface area contributed by atoms with Crippen molar-refractivity contribution in [2.75, 3.05) is 18.4 Å². The molecule has 8 heteroatoms. The van der Waals surface area contributed by atoms with Crippen LogP contribution in [0, 0.1) is 18.6 Å². The number of nitrogens with one attached hydrogen (secondary N) is 1. The van der Waals surface area contributed by atoms with Gasteiger partial charge in [0.15, 0.2) is 17.5 Å². The predicted octanol–water partition coefficient (Wildman–Crippen LogP) is 4.89. The fourth-order valence-corrected chi connectivity index (χ4v) is 4.45. The van der Waals surface area contributed by atoms with Gasteiger partial charge in [0.25, 0.3) is 0 Å². The molecule has 0 saturated carbocycles. The number of pyridine rings is 1. The summed E-state index contributed by atoms with van der Waals surface area (Å²) < 4.78 is 27.0. The van der Waals surface area contributed by atoms with Crippen LogP contribution in [-0.2, 0) is 11.2 Å². The smallest absolute Gasteiger partial charge is 0.229 e. The van der Waals surface area contributed by atoms with Gasteiger partial charge in [0.2, 0.25) is 5.91 Å². The maximum atomic E-state index is 13.7. The Morgan fingerprint density at radius 3 is 2.62 bits per heavy atom. The predicted molar refractivity (Wildman–Crippen MR) is 127 cm³/mol. The second-order valence-electron chi connectivity index (χ2n) is 9.13. The van der Waals surface area contributed by atoms with E-state index in [9.17, 15) is 13.6 Å². The molecule has 2 aromatic heterocycles. The number of hydrogen-bond acceptors (Lipinski definition) is 5. The number of anilines is 1. The minimum atomic E-state index is -0.945. The number of aromatic nitrogens is 3. The molecule has 0 unspecified atom stereocenters. The third kappa shape index (κ3) is 4.76. The Morgan fingerprint density at radius 2 is 1.94 bits per heavy atom. The standard InChI is InChI=1S/C26H29F2N5O/c1-5-33(25(34)16(2)18-7-8-21(27)22(28)14-18)15-26(4)10-9-19-13-20(17(3)31-23(19)32-26)24-29-11-6-12-30-24/h6-8,11-14,16H,5,9-10,15H2,1-4H3,(H,31,32)/t16-,26+/m0/s1. The molecular formula is C26H29F2N5O. The normalized spacial score (nSPS) is 18.1. The summed E-state index contributed by atoms with van der Waals surface area (Å²) in [4.78, 5) is 28.5. The average Bonchev–Trinajstić information content (AvgIpc) is 2.83. The van der Waals surface area contributed by atoms with E-state index in [2.05, 4.69) is 28.3 Å². The summed E-state index contributed by atoms with van der Waals surface area (Å²) in [6.45, 7) is 8.64. The van der Waals surface area contributed by atoms with E-state index < -0.39 is 17.6 Å². The summed E-state index contributed by atoms with van der Waals surface area (Å²) in [7, 11) is 0. The zero-order valence-corrected chi connectivity index (χ0v) is 19.9. The van der Waals surface area contributed by atoms with Crippen molar-refractivity contribution in [3.05, 3.63) is 71.2 Å². The Labute approximate surface area is 198 Å². The van der Waals surface area contributed by atoms with Crippen LogP contribution in [0.5, 0.6) is 0 Å². The zero-order chi connectivity index (χ0) is 24.5. The van der Waals surface area contributed by atoms with Gasteiger partial charge < -0.3 is 10.2 Å². The number of rotatable bonds is 6. The minimum Gasteiger partial charge on any atom is -0.363 e. The molecule has 4 rings (SSSR count). The molecule has 0 radical (unpaired) electrons. The Kier molecular flexibility index (Phi) is 6.59. The molecule has 0 bridgehead atoms. The molecule has 1 N–H and O–H groups in total. The minimum absolute atomic E-state index is 0.122. The van der Waals surface area contributed by atoms with E-state index in [0.29, 0.717) is 24.5 Å². The van der Waals surface area contributed by atoms with Crippen LogP contribution in [0.2, 0.25) is 0 Å². The monoisotopic (exact) mass is 465 g/mol. The number of nitrogens with zero attached hydrogens (tertiary/aromatic N) is 4. The van der Waals surface area contributed by atoms with E-state index in [1.165, 1.54) is 6.07 Å². The second kappa shape index (κ2) is 9.44. The lowest BCUT2D eigenvalue weighted by Crippen LogP contribution is -2.51. The number of amides is 1. The van der Waals surface area contributed by atoms with Crippen LogP contribution in [0.3, 0.4) is 0 Å². The van der Waals surface area contributed by atoms with Gasteiger partial charge in [-0.25, -0.2) is 23.7 Å². The highest BCUT2D eigenvalue weighted by molar-refractivity contribution is 5.83. The third-order valence-corrected chi connectivity index (χ3v) is 6.51. The number of fused-ring (bicyclic) bond motifs is 1. The van der Waals surface area contributed by atoms with E-state index in [1.807, 2.05) is 13.8 Å². The number of aryl methyl sites for hydroxylation is 2. The highest BCUT2D eigenvalue weighted by Gasteiger charge is 2.35. The lowest BCUT2D eigenvalue weighted by molar-refractivity contribution is -0.133. The van der Waals surface area contributed by atoms with Crippen LogP contribution in [0.1, 0.15) is 49.9 Å². The number of halogens is 2. The van der Waals surface area contributed by atoms with Crippen molar-refractivity contribution >= 4 is 11.7 Å². The zero-order valence-electron chi connectivity index (χ0n) is 19.9. The third-order valence-electron chi connectivity index (χ3n) is 6.51. The fourth-order valence-electron chi connectivity index (χ4n) is 4.45. The van der Waals surface area contributed by atoms with Crippen molar-refractivity contribution in [2.24, 2.45) is 0 Å². The van der Waals surface area contributed by atoms with E-state index in [-0.39, 0.29) is 11.4 Å². The molecule has 3 aromatic rings. The van der Waals surface area contributed by atoms with Crippen LogP contribution in [0.25, 0.3) is 11.4 Å². The van der Waals surface area contributed by atoms with Crippen LogP contribution >= 0.6 is 0 Å². The molecule has 6 nitrogen and oxygen atoms in total. The molecule has 3 heterocycles. The van der Waals surface area contributed by atoms with Gasteiger partial charge in [-0.3, -0.25) is 4.79 Å². The Morgan fingerprint density at radius 1 is 1.21 bits per heavy atom. The number of benzene rings is 1. The number of hydrogen-bond donors (Lipinski definition) is 1. The first-order chi connectivity index (χ1) is 16.2. The van der Waals surface area contributed by atoms with Gasteiger partial charge in [-0.15, -0.1) is 0 Å². The van der Waals surface area contributed by atoms with Crippen molar-refractivity contribution in [1.29, 1.82) is 0 Å². The SMILES string of the molecule is CCN(C[C@@]1(C)CCc2cc(-c3ncccn3)c(C)nc2N1)C(=O)[C@@H](C)c1ccc(F)c(F)c1. The number of carbonyl (C=O) groups is 1. The molecule has 0 saturated heterocycles. The second-order valence-corrected chi connectivity index (χ2v) is 9.13. The highest BCUT2D eigenvalue weighted by Crippen LogP contribution is 2.34. The topological polar surface area (TPSA) is 71.0 Å².